The molecular formula is C32H63F. The third-order valence-corrected chi connectivity index (χ3v) is 8.61. The van der Waals surface area contributed by atoms with Crippen LogP contribution in [0.3, 0.4) is 0 Å². The summed E-state index contributed by atoms with van der Waals surface area (Å²) >= 11 is 0. The lowest BCUT2D eigenvalue weighted by Crippen LogP contribution is -2.32. The van der Waals surface area contributed by atoms with Crippen molar-refractivity contribution in [3.8, 4) is 0 Å². The van der Waals surface area contributed by atoms with E-state index >= 15 is 0 Å². The number of hydrogen-bond acceptors (Lipinski definition) is 0. The second-order valence-corrected chi connectivity index (χ2v) is 14.2. The van der Waals surface area contributed by atoms with E-state index in [0.717, 1.165) is 60.7 Å². The Morgan fingerprint density at radius 1 is 0.636 bits per heavy atom. The van der Waals surface area contributed by atoms with Crippen molar-refractivity contribution in [2.75, 3.05) is 0 Å². The molecule has 1 heteroatoms. The average molecular weight is 467 g/mol. The van der Waals surface area contributed by atoms with Crippen LogP contribution in [0.15, 0.2) is 0 Å². The molecule has 198 valence electrons. The molecular weight excluding hydrogens is 403 g/mol. The van der Waals surface area contributed by atoms with E-state index in [1.54, 1.807) is 0 Å². The summed E-state index contributed by atoms with van der Waals surface area (Å²) < 4.78 is 13.2. The van der Waals surface area contributed by atoms with Crippen LogP contribution in [0.1, 0.15) is 159 Å². The van der Waals surface area contributed by atoms with Gasteiger partial charge in [-0.25, -0.2) is 4.39 Å². The van der Waals surface area contributed by atoms with Crippen LogP contribution in [0.2, 0.25) is 0 Å². The smallest absolute Gasteiger partial charge is 0.111 e. The number of alkyl halides is 1. The fraction of sp³-hybridized carbons (Fsp3) is 1.00. The molecule has 0 N–H and O–H groups in total. The largest absolute Gasteiger partial charge is 0.244 e. The van der Waals surface area contributed by atoms with Gasteiger partial charge >= 0.3 is 0 Å². The lowest BCUT2D eigenvalue weighted by molar-refractivity contribution is 0.0406. The molecule has 0 atom stereocenters. The fourth-order valence-corrected chi connectivity index (χ4v) is 5.97. The summed E-state index contributed by atoms with van der Waals surface area (Å²) in [5.41, 5.74) is -0.0116. The highest BCUT2D eigenvalue weighted by Gasteiger charge is 2.37. The quantitative estimate of drug-likeness (QED) is 0.350. The summed E-state index contributed by atoms with van der Waals surface area (Å²) in [7, 11) is 0. The van der Waals surface area contributed by atoms with E-state index in [0.29, 0.717) is 5.92 Å². The van der Waals surface area contributed by atoms with Crippen LogP contribution in [0, 0.1) is 40.9 Å². The Morgan fingerprint density at radius 2 is 1.12 bits per heavy atom. The van der Waals surface area contributed by atoms with Crippen molar-refractivity contribution in [3.05, 3.63) is 0 Å². The Kier molecular flexibility index (Phi) is 14.2. The standard InChI is InChI=1S/C9H18.C8H15F.C8H16.C7H14/c1-8(2)7-9(3)5-4-6-9;1-7(2)6-8(9)4-3-5-8;1-7(2)6-8-4-3-5-8;1-6(2)7-4-3-5-7/h8H,4-7H2,1-3H3;7H,3-6H2,1-2H3;7-8H,3-6H2,1-2H3;6-7H,3-5H2,1-2H3. The van der Waals surface area contributed by atoms with Gasteiger partial charge in [-0.1, -0.05) is 107 Å². The van der Waals surface area contributed by atoms with Crippen LogP contribution in [-0.4, -0.2) is 5.67 Å². The molecule has 0 spiro atoms. The molecule has 0 aromatic heterocycles. The summed E-state index contributed by atoms with van der Waals surface area (Å²) in [5, 5.41) is 0. The number of rotatable bonds is 7. The van der Waals surface area contributed by atoms with E-state index in [2.05, 4.69) is 62.3 Å². The molecule has 0 unspecified atom stereocenters. The predicted molar refractivity (Wildman–Crippen MR) is 148 cm³/mol. The van der Waals surface area contributed by atoms with Crippen LogP contribution in [0.5, 0.6) is 0 Å². The maximum absolute atomic E-state index is 13.2. The molecule has 0 aliphatic heterocycles. The molecule has 0 saturated heterocycles. The van der Waals surface area contributed by atoms with Gasteiger partial charge in [-0.05, 0) is 92.3 Å². The lowest BCUT2D eigenvalue weighted by atomic mass is 9.66. The van der Waals surface area contributed by atoms with Gasteiger partial charge in [-0.2, -0.15) is 0 Å². The van der Waals surface area contributed by atoms with Crippen LogP contribution < -0.4 is 0 Å². The minimum absolute atomic E-state index is 0.523. The summed E-state index contributed by atoms with van der Waals surface area (Å²) in [6.07, 6.45) is 19.8. The van der Waals surface area contributed by atoms with Gasteiger partial charge in [-0.15, -0.1) is 0 Å². The summed E-state index contributed by atoms with van der Waals surface area (Å²) in [5.74, 6) is 5.50. The van der Waals surface area contributed by atoms with E-state index in [9.17, 15) is 4.39 Å². The second kappa shape index (κ2) is 15.1. The van der Waals surface area contributed by atoms with Crippen LogP contribution in [-0.2, 0) is 0 Å². The van der Waals surface area contributed by atoms with E-state index in [-0.39, 0.29) is 0 Å². The number of hydrogen-bond donors (Lipinski definition) is 0. The van der Waals surface area contributed by atoms with Gasteiger partial charge in [-0.3, -0.25) is 0 Å². The predicted octanol–water partition coefficient (Wildman–Crippen LogP) is 11.4. The van der Waals surface area contributed by atoms with Gasteiger partial charge in [0.05, 0.1) is 0 Å². The van der Waals surface area contributed by atoms with Crippen LogP contribution in [0.4, 0.5) is 4.39 Å². The zero-order valence-electron chi connectivity index (χ0n) is 24.4. The third kappa shape index (κ3) is 13.6. The second-order valence-electron chi connectivity index (χ2n) is 14.2. The molecule has 4 aliphatic carbocycles. The lowest BCUT2D eigenvalue weighted by Gasteiger charge is -2.39. The van der Waals surface area contributed by atoms with E-state index in [1.165, 1.54) is 70.6 Å². The average Bonchev–Trinajstić information content (AvgIpc) is 2.54. The molecule has 4 rings (SSSR count). The summed E-state index contributed by atoms with van der Waals surface area (Å²) in [4.78, 5) is 0. The van der Waals surface area contributed by atoms with E-state index in [4.69, 9.17) is 0 Å². The van der Waals surface area contributed by atoms with Crippen molar-refractivity contribution in [3.63, 3.8) is 0 Å². The third-order valence-electron chi connectivity index (χ3n) is 8.61. The molecule has 0 amide bonds. The molecule has 4 fully saturated rings. The minimum Gasteiger partial charge on any atom is -0.244 e. The summed E-state index contributed by atoms with van der Waals surface area (Å²) in [6.45, 7) is 20.5. The fourth-order valence-electron chi connectivity index (χ4n) is 5.97. The molecule has 0 nitrogen and oxygen atoms in total. The summed E-state index contributed by atoms with van der Waals surface area (Å²) in [6, 6.07) is 0. The highest BCUT2D eigenvalue weighted by Crippen LogP contribution is 2.45. The van der Waals surface area contributed by atoms with Gasteiger partial charge in [0.2, 0.25) is 0 Å². The highest BCUT2D eigenvalue weighted by molar-refractivity contribution is 4.88. The Morgan fingerprint density at radius 3 is 1.21 bits per heavy atom. The molecule has 0 bridgehead atoms. The molecule has 33 heavy (non-hydrogen) atoms. The molecule has 0 radical (unpaired) electrons. The van der Waals surface area contributed by atoms with Crippen molar-refractivity contribution in [2.45, 2.75) is 164 Å². The minimum atomic E-state index is -0.756. The first-order valence-electron chi connectivity index (χ1n) is 15.0. The monoisotopic (exact) mass is 466 g/mol. The van der Waals surface area contributed by atoms with Gasteiger partial charge in [0, 0.05) is 0 Å². The Labute approximate surface area is 209 Å². The van der Waals surface area contributed by atoms with E-state index in [1.807, 2.05) is 0 Å². The molecule has 0 aromatic carbocycles. The van der Waals surface area contributed by atoms with Gasteiger partial charge in [0.1, 0.15) is 5.67 Å². The maximum Gasteiger partial charge on any atom is 0.111 e. The van der Waals surface area contributed by atoms with Crippen molar-refractivity contribution >= 4 is 0 Å². The van der Waals surface area contributed by atoms with Gasteiger partial charge in [0.25, 0.3) is 0 Å². The Balaban J connectivity index is 0.000000221. The number of halogens is 1. The van der Waals surface area contributed by atoms with Crippen molar-refractivity contribution < 1.29 is 4.39 Å². The first-order valence-corrected chi connectivity index (χ1v) is 15.0. The van der Waals surface area contributed by atoms with Crippen LogP contribution >= 0.6 is 0 Å². The Hall–Kier alpha value is -0.0700. The van der Waals surface area contributed by atoms with Crippen molar-refractivity contribution in [1.29, 1.82) is 0 Å². The topological polar surface area (TPSA) is 0 Å². The van der Waals surface area contributed by atoms with Crippen molar-refractivity contribution in [2.24, 2.45) is 40.9 Å². The Bertz CT molecular complexity index is 447. The van der Waals surface area contributed by atoms with Crippen molar-refractivity contribution in [1.82, 2.24) is 0 Å². The SMILES string of the molecule is CC(C)C1CCC1.CC(C)CC1(C)CCC1.CC(C)CC1(F)CCC1.CC(C)CC1CCC1. The van der Waals surface area contributed by atoms with E-state index < -0.39 is 5.67 Å². The normalized spacial score (nSPS) is 23.1. The molecule has 4 aliphatic rings. The first-order chi connectivity index (χ1) is 15.3. The van der Waals surface area contributed by atoms with Crippen LogP contribution in [0.25, 0.3) is 0 Å². The zero-order valence-corrected chi connectivity index (χ0v) is 24.4. The molecule has 4 saturated carbocycles. The zero-order chi connectivity index (χ0) is 25.1. The van der Waals surface area contributed by atoms with Gasteiger partial charge in [0.15, 0.2) is 0 Å². The molecule has 0 heterocycles. The molecule has 0 aromatic rings. The highest BCUT2D eigenvalue weighted by atomic mass is 19.1. The maximum atomic E-state index is 13.2. The first kappa shape index (κ1) is 31.0. The van der Waals surface area contributed by atoms with Gasteiger partial charge < -0.3 is 0 Å².